The van der Waals surface area contributed by atoms with Gasteiger partial charge < -0.3 is 24.1 Å². The van der Waals surface area contributed by atoms with E-state index in [1.165, 1.54) is 24.6 Å². The summed E-state index contributed by atoms with van der Waals surface area (Å²) < 4.78 is 15.9. The second-order valence-electron chi connectivity index (χ2n) is 7.28. The van der Waals surface area contributed by atoms with E-state index in [9.17, 15) is 9.59 Å². The van der Waals surface area contributed by atoms with Crippen LogP contribution < -0.4 is 4.90 Å². The first kappa shape index (κ1) is 24.0. The molecule has 31 heavy (non-hydrogen) atoms. The summed E-state index contributed by atoms with van der Waals surface area (Å²) in [6.07, 6.45) is 2.32. The summed E-state index contributed by atoms with van der Waals surface area (Å²) in [6, 6.07) is 0. The van der Waals surface area contributed by atoms with Crippen LogP contribution in [0.15, 0.2) is 6.20 Å². The van der Waals surface area contributed by atoms with Gasteiger partial charge in [-0.15, -0.1) is 0 Å². The van der Waals surface area contributed by atoms with Gasteiger partial charge in [0.2, 0.25) is 0 Å². The van der Waals surface area contributed by atoms with Gasteiger partial charge in [0.25, 0.3) is 0 Å². The van der Waals surface area contributed by atoms with Crippen LogP contribution >= 0.6 is 34.5 Å². The van der Waals surface area contributed by atoms with Gasteiger partial charge in [-0.25, -0.2) is 9.78 Å². The van der Waals surface area contributed by atoms with Crippen molar-refractivity contribution in [1.82, 2.24) is 9.97 Å². The van der Waals surface area contributed by atoms with Gasteiger partial charge >= 0.3 is 5.97 Å². The highest BCUT2D eigenvalue weighted by molar-refractivity contribution is 7.17. The van der Waals surface area contributed by atoms with Gasteiger partial charge in [0.1, 0.15) is 10.6 Å². The summed E-state index contributed by atoms with van der Waals surface area (Å²) in [7, 11) is 2.95. The Hall–Kier alpha value is -1.65. The molecule has 170 valence electrons. The number of ketones is 1. The first-order valence-electron chi connectivity index (χ1n) is 9.82. The van der Waals surface area contributed by atoms with Crippen molar-refractivity contribution in [3.63, 3.8) is 0 Å². The lowest BCUT2D eigenvalue weighted by Gasteiger charge is -2.38. The first-order chi connectivity index (χ1) is 14.8. The van der Waals surface area contributed by atoms with Crippen molar-refractivity contribution in [3.8, 4) is 0 Å². The Morgan fingerprint density at radius 2 is 2.06 bits per heavy atom. The molecule has 3 heterocycles. The van der Waals surface area contributed by atoms with E-state index in [0.717, 1.165) is 11.6 Å². The molecular formula is C20H25Cl2N3O5S. The van der Waals surface area contributed by atoms with E-state index in [-0.39, 0.29) is 29.2 Å². The zero-order chi connectivity index (χ0) is 22.5. The highest BCUT2D eigenvalue weighted by atomic mass is 35.5. The molecule has 2 aromatic heterocycles. The van der Waals surface area contributed by atoms with Crippen molar-refractivity contribution < 1.29 is 23.8 Å². The van der Waals surface area contributed by atoms with Crippen molar-refractivity contribution in [2.75, 3.05) is 45.4 Å². The van der Waals surface area contributed by atoms with Crippen LogP contribution in [0.25, 0.3) is 0 Å². The van der Waals surface area contributed by atoms with Crippen LogP contribution in [0, 0.1) is 12.8 Å². The second-order valence-corrected chi connectivity index (χ2v) is 9.04. The number of carbonyl (C=O) groups is 2. The fourth-order valence-corrected chi connectivity index (χ4v) is 4.86. The number of anilines is 1. The molecule has 0 radical (unpaired) electrons. The normalized spacial score (nSPS) is 18.9. The number of nitrogens with zero attached hydrogens (tertiary/aromatic N) is 2. The molecule has 0 aromatic carbocycles. The number of esters is 1. The Bertz CT molecular complexity index is 932. The standard InChI is InChI=1S/C20H25Cl2N3O5S/c1-11-16(21)17(22)18(24-11)13(26)8-12-4-5-25(10-14(12)30-7-6-28-2)20-23-9-15(31-20)19(27)29-3/h9,12,14,24H,4-8,10H2,1-3H3. The molecule has 3 rings (SSSR count). The number of H-pyrrole nitrogens is 1. The smallest absolute Gasteiger partial charge is 0.349 e. The monoisotopic (exact) mass is 489 g/mol. The van der Waals surface area contributed by atoms with Gasteiger partial charge in [0.05, 0.1) is 42.7 Å². The van der Waals surface area contributed by atoms with Gasteiger partial charge in [-0.2, -0.15) is 0 Å². The van der Waals surface area contributed by atoms with Crippen LogP contribution in [-0.2, 0) is 14.2 Å². The molecule has 1 aliphatic rings. The van der Waals surface area contributed by atoms with Crippen molar-refractivity contribution >= 4 is 51.4 Å². The molecule has 1 saturated heterocycles. The number of rotatable bonds is 9. The number of carbonyl (C=O) groups excluding carboxylic acids is 2. The van der Waals surface area contributed by atoms with Crippen LogP contribution in [0.4, 0.5) is 5.13 Å². The molecule has 0 spiro atoms. The second kappa shape index (κ2) is 10.8. The highest BCUT2D eigenvalue weighted by Gasteiger charge is 2.34. The van der Waals surface area contributed by atoms with E-state index in [1.807, 2.05) is 0 Å². The van der Waals surface area contributed by atoms with Crippen LogP contribution in [0.2, 0.25) is 10.0 Å². The van der Waals surface area contributed by atoms with Crippen molar-refractivity contribution in [2.45, 2.75) is 25.9 Å². The summed E-state index contributed by atoms with van der Waals surface area (Å²) in [5, 5.41) is 1.36. The Balaban J connectivity index is 1.71. The first-order valence-corrected chi connectivity index (χ1v) is 11.4. The maximum absolute atomic E-state index is 12.9. The van der Waals surface area contributed by atoms with Crippen LogP contribution in [0.1, 0.15) is 38.7 Å². The van der Waals surface area contributed by atoms with Gasteiger partial charge in [-0.1, -0.05) is 34.5 Å². The van der Waals surface area contributed by atoms with Gasteiger partial charge in [0, 0.05) is 32.3 Å². The third-order valence-electron chi connectivity index (χ3n) is 5.25. The quantitative estimate of drug-likeness (QED) is 0.323. The van der Waals surface area contributed by atoms with E-state index in [0.29, 0.717) is 47.6 Å². The SMILES string of the molecule is COCCOC1CN(c2ncc(C(=O)OC)s2)CCC1CC(=O)c1[nH]c(C)c(Cl)c1Cl. The van der Waals surface area contributed by atoms with Crippen LogP contribution in [0.5, 0.6) is 0 Å². The number of nitrogens with one attached hydrogen (secondary N) is 1. The number of thiazole rings is 1. The van der Waals surface area contributed by atoms with Crippen molar-refractivity contribution in [2.24, 2.45) is 5.92 Å². The molecule has 2 atom stereocenters. The van der Waals surface area contributed by atoms with Crippen LogP contribution in [-0.4, -0.2) is 68.3 Å². The number of halogens is 2. The average Bonchev–Trinajstić information content (AvgIpc) is 3.35. The Morgan fingerprint density at radius 3 is 2.71 bits per heavy atom. The molecule has 0 amide bonds. The molecule has 0 saturated carbocycles. The number of piperidine rings is 1. The van der Waals surface area contributed by atoms with E-state index < -0.39 is 5.97 Å². The largest absolute Gasteiger partial charge is 0.465 e. The third kappa shape index (κ3) is 5.59. The lowest BCUT2D eigenvalue weighted by Crippen LogP contribution is -2.46. The number of hydrogen-bond acceptors (Lipinski definition) is 8. The van der Waals surface area contributed by atoms with E-state index in [1.54, 1.807) is 14.0 Å². The molecule has 2 unspecified atom stereocenters. The van der Waals surface area contributed by atoms with Gasteiger partial charge in [-0.05, 0) is 19.3 Å². The number of ether oxygens (including phenoxy) is 3. The van der Waals surface area contributed by atoms with Gasteiger partial charge in [0.15, 0.2) is 10.9 Å². The molecule has 11 heteroatoms. The van der Waals surface area contributed by atoms with Gasteiger partial charge in [-0.3, -0.25) is 4.79 Å². The predicted molar refractivity (Wildman–Crippen MR) is 120 cm³/mol. The summed E-state index contributed by atoms with van der Waals surface area (Å²) in [5.41, 5.74) is 1.01. The minimum atomic E-state index is -0.408. The summed E-state index contributed by atoms with van der Waals surface area (Å²) in [6.45, 7) is 3.89. The molecule has 0 aliphatic carbocycles. The molecule has 0 bridgehead atoms. The summed E-state index contributed by atoms with van der Waals surface area (Å²) in [5.74, 6) is -0.506. The lowest BCUT2D eigenvalue weighted by molar-refractivity contribution is -0.0186. The molecule has 2 aromatic rings. The van der Waals surface area contributed by atoms with E-state index in [4.69, 9.17) is 37.4 Å². The number of Topliss-reactive ketones (excluding diaryl/α,β-unsaturated/α-hetero) is 1. The Morgan fingerprint density at radius 1 is 1.29 bits per heavy atom. The number of methoxy groups -OCH3 is 2. The molecule has 1 aliphatic heterocycles. The predicted octanol–water partition coefficient (Wildman–Crippen LogP) is 4.00. The lowest BCUT2D eigenvalue weighted by atomic mass is 9.88. The fraction of sp³-hybridized carbons (Fsp3) is 0.550. The van der Waals surface area contributed by atoms with E-state index >= 15 is 0 Å². The number of aromatic amines is 1. The van der Waals surface area contributed by atoms with E-state index in [2.05, 4.69) is 14.9 Å². The van der Waals surface area contributed by atoms with Crippen LogP contribution in [0.3, 0.4) is 0 Å². The molecular weight excluding hydrogens is 465 g/mol. The maximum atomic E-state index is 12.9. The van der Waals surface area contributed by atoms with Crippen molar-refractivity contribution in [1.29, 1.82) is 0 Å². The Labute approximate surface area is 194 Å². The fourth-order valence-electron chi connectivity index (χ4n) is 3.55. The zero-order valence-corrected chi connectivity index (χ0v) is 19.9. The van der Waals surface area contributed by atoms with Crippen molar-refractivity contribution in [3.05, 3.63) is 32.5 Å². The number of aryl methyl sites for hydroxylation is 1. The highest BCUT2D eigenvalue weighted by Crippen LogP contribution is 2.34. The maximum Gasteiger partial charge on any atom is 0.349 e. The zero-order valence-electron chi connectivity index (χ0n) is 17.6. The number of hydrogen-bond donors (Lipinski definition) is 1. The molecule has 8 nitrogen and oxygen atoms in total. The molecule has 1 fully saturated rings. The summed E-state index contributed by atoms with van der Waals surface area (Å²) >= 11 is 13.6. The molecule has 1 N–H and O–H groups in total. The summed E-state index contributed by atoms with van der Waals surface area (Å²) in [4.78, 5) is 34.5. The minimum Gasteiger partial charge on any atom is -0.465 e. The third-order valence-corrected chi connectivity index (χ3v) is 7.23. The topological polar surface area (TPSA) is 93.8 Å². The number of aromatic nitrogens is 2. The Kier molecular flexibility index (Phi) is 8.35. The average molecular weight is 490 g/mol. The minimum absolute atomic E-state index is 0.000839.